The van der Waals surface area contributed by atoms with E-state index in [1.807, 2.05) is 0 Å². The Morgan fingerprint density at radius 3 is 1.86 bits per heavy atom. The van der Waals surface area contributed by atoms with Crippen molar-refractivity contribution >= 4 is 15.9 Å². The topological polar surface area (TPSA) is 9.23 Å². The molecular weight excluding hydrogens is 324 g/mol. The molecule has 0 saturated carbocycles. The van der Waals surface area contributed by atoms with Gasteiger partial charge >= 0.3 is 0 Å². The molecule has 0 radical (unpaired) electrons. The molecule has 0 spiro atoms. The first kappa shape index (κ1) is 18.7. The van der Waals surface area contributed by atoms with Gasteiger partial charge in [-0.2, -0.15) is 0 Å². The molecule has 0 aliphatic carbocycles. The molecular formula is C19H31BrO. The maximum Gasteiger partial charge on any atom is 0.0716 e. The van der Waals surface area contributed by atoms with Crippen LogP contribution in [0.1, 0.15) is 75.8 Å². The Kier molecular flexibility index (Phi) is 11.9. The predicted molar refractivity (Wildman–Crippen MR) is 96.0 cm³/mol. The normalized spacial score (nSPS) is 11.0. The van der Waals surface area contributed by atoms with Crippen molar-refractivity contribution in [1.29, 1.82) is 0 Å². The highest BCUT2D eigenvalue weighted by atomic mass is 79.9. The van der Waals surface area contributed by atoms with Crippen LogP contribution in [0.4, 0.5) is 0 Å². The van der Waals surface area contributed by atoms with Crippen LogP contribution in [0.5, 0.6) is 0 Å². The predicted octanol–water partition coefficient (Wildman–Crippen LogP) is 6.63. The lowest BCUT2D eigenvalue weighted by Crippen LogP contribution is -1.96. The fraction of sp³-hybridized carbons (Fsp3) is 0.684. The zero-order chi connectivity index (χ0) is 15.2. The third kappa shape index (κ3) is 10.1. The van der Waals surface area contributed by atoms with Gasteiger partial charge in [-0.1, -0.05) is 98.5 Å². The summed E-state index contributed by atoms with van der Waals surface area (Å²) < 4.78 is 5.74. The minimum Gasteiger partial charge on any atom is -0.377 e. The van der Waals surface area contributed by atoms with Gasteiger partial charge in [0, 0.05) is 11.9 Å². The SMILES string of the molecule is CCCCCCCCCCCOCc1ccc(CBr)cc1. The van der Waals surface area contributed by atoms with Crippen molar-refractivity contribution in [1.82, 2.24) is 0 Å². The molecule has 21 heavy (non-hydrogen) atoms. The van der Waals surface area contributed by atoms with Crippen LogP contribution < -0.4 is 0 Å². The summed E-state index contributed by atoms with van der Waals surface area (Å²) in [4.78, 5) is 0. The molecule has 0 aromatic heterocycles. The summed E-state index contributed by atoms with van der Waals surface area (Å²) in [6.45, 7) is 3.92. The van der Waals surface area contributed by atoms with Crippen molar-refractivity contribution in [2.45, 2.75) is 76.6 Å². The van der Waals surface area contributed by atoms with Gasteiger partial charge in [0.15, 0.2) is 0 Å². The second kappa shape index (κ2) is 13.3. The first-order valence-corrected chi connectivity index (χ1v) is 9.70. The van der Waals surface area contributed by atoms with Crippen molar-refractivity contribution in [2.24, 2.45) is 0 Å². The van der Waals surface area contributed by atoms with Crippen LogP contribution in [-0.2, 0) is 16.7 Å². The third-order valence-corrected chi connectivity index (χ3v) is 4.49. The van der Waals surface area contributed by atoms with Crippen molar-refractivity contribution in [3.05, 3.63) is 35.4 Å². The first-order valence-electron chi connectivity index (χ1n) is 8.58. The summed E-state index contributed by atoms with van der Waals surface area (Å²) in [6, 6.07) is 8.64. The molecule has 1 nitrogen and oxygen atoms in total. The van der Waals surface area contributed by atoms with Crippen molar-refractivity contribution in [2.75, 3.05) is 6.61 Å². The monoisotopic (exact) mass is 354 g/mol. The van der Waals surface area contributed by atoms with Gasteiger partial charge in [-0.25, -0.2) is 0 Å². The molecule has 0 unspecified atom stereocenters. The summed E-state index contributed by atoms with van der Waals surface area (Å²) in [5.41, 5.74) is 2.59. The van der Waals surface area contributed by atoms with Gasteiger partial charge in [-0.3, -0.25) is 0 Å². The highest BCUT2D eigenvalue weighted by molar-refractivity contribution is 9.08. The van der Waals surface area contributed by atoms with E-state index in [-0.39, 0.29) is 0 Å². The lowest BCUT2D eigenvalue weighted by atomic mass is 10.1. The molecule has 0 atom stereocenters. The van der Waals surface area contributed by atoms with E-state index in [4.69, 9.17) is 4.74 Å². The Bertz CT molecular complexity index is 334. The van der Waals surface area contributed by atoms with E-state index in [2.05, 4.69) is 47.1 Å². The minimum absolute atomic E-state index is 0.750. The third-order valence-electron chi connectivity index (χ3n) is 3.84. The van der Waals surface area contributed by atoms with E-state index in [0.29, 0.717) is 0 Å². The van der Waals surface area contributed by atoms with E-state index < -0.39 is 0 Å². The summed E-state index contributed by atoms with van der Waals surface area (Å²) in [5.74, 6) is 0. The van der Waals surface area contributed by atoms with E-state index >= 15 is 0 Å². The molecule has 1 aromatic rings. The van der Waals surface area contributed by atoms with Crippen molar-refractivity contribution in [3.8, 4) is 0 Å². The zero-order valence-electron chi connectivity index (χ0n) is 13.6. The average Bonchev–Trinajstić information content (AvgIpc) is 2.53. The quantitative estimate of drug-likeness (QED) is 0.285. The van der Waals surface area contributed by atoms with Crippen LogP contribution in [0, 0.1) is 0 Å². The zero-order valence-corrected chi connectivity index (χ0v) is 15.2. The first-order chi connectivity index (χ1) is 10.4. The fourth-order valence-electron chi connectivity index (χ4n) is 2.43. The summed E-state index contributed by atoms with van der Waals surface area (Å²) >= 11 is 3.46. The number of rotatable bonds is 13. The fourth-order valence-corrected chi connectivity index (χ4v) is 2.80. The Balaban J connectivity index is 1.88. The summed E-state index contributed by atoms with van der Waals surface area (Å²) in [7, 11) is 0. The van der Waals surface area contributed by atoms with E-state index in [0.717, 1.165) is 18.5 Å². The molecule has 120 valence electrons. The number of unbranched alkanes of at least 4 members (excludes halogenated alkanes) is 8. The Hall–Kier alpha value is -0.340. The van der Waals surface area contributed by atoms with Crippen LogP contribution in [0.3, 0.4) is 0 Å². The number of alkyl halides is 1. The number of hydrogen-bond donors (Lipinski definition) is 0. The molecule has 0 amide bonds. The number of hydrogen-bond acceptors (Lipinski definition) is 1. The lowest BCUT2D eigenvalue weighted by Gasteiger charge is -2.05. The highest BCUT2D eigenvalue weighted by Gasteiger charge is 1.96. The van der Waals surface area contributed by atoms with E-state index in [1.165, 1.54) is 68.9 Å². The summed E-state index contributed by atoms with van der Waals surface area (Å²) in [5, 5.41) is 0.923. The number of benzene rings is 1. The van der Waals surface area contributed by atoms with Gasteiger partial charge in [0.25, 0.3) is 0 Å². The van der Waals surface area contributed by atoms with Gasteiger partial charge in [0.1, 0.15) is 0 Å². The van der Waals surface area contributed by atoms with Gasteiger partial charge in [0.05, 0.1) is 6.61 Å². The second-order valence-corrected chi connectivity index (χ2v) is 6.39. The maximum atomic E-state index is 5.74. The molecule has 1 rings (SSSR count). The number of ether oxygens (including phenoxy) is 1. The largest absolute Gasteiger partial charge is 0.377 e. The minimum atomic E-state index is 0.750. The molecule has 0 saturated heterocycles. The molecule has 0 fully saturated rings. The molecule has 0 aliphatic rings. The molecule has 1 aromatic carbocycles. The lowest BCUT2D eigenvalue weighted by molar-refractivity contribution is 0.116. The molecule has 0 heterocycles. The average molecular weight is 355 g/mol. The van der Waals surface area contributed by atoms with Crippen molar-refractivity contribution < 1.29 is 4.74 Å². The van der Waals surface area contributed by atoms with Crippen LogP contribution in [0.25, 0.3) is 0 Å². The standard InChI is InChI=1S/C19H31BrO/c1-2-3-4-5-6-7-8-9-10-15-21-17-19-13-11-18(16-20)12-14-19/h11-14H,2-10,15-17H2,1H3. The van der Waals surface area contributed by atoms with Gasteiger partial charge in [0.2, 0.25) is 0 Å². The molecule has 0 N–H and O–H groups in total. The Morgan fingerprint density at radius 1 is 0.762 bits per heavy atom. The van der Waals surface area contributed by atoms with E-state index in [9.17, 15) is 0 Å². The second-order valence-electron chi connectivity index (χ2n) is 5.83. The smallest absolute Gasteiger partial charge is 0.0716 e. The van der Waals surface area contributed by atoms with Gasteiger partial charge in [-0.15, -0.1) is 0 Å². The van der Waals surface area contributed by atoms with Gasteiger partial charge in [-0.05, 0) is 17.5 Å². The van der Waals surface area contributed by atoms with Crippen LogP contribution in [0.2, 0.25) is 0 Å². The Labute approximate surface area is 139 Å². The Morgan fingerprint density at radius 2 is 1.29 bits per heavy atom. The maximum absolute atomic E-state index is 5.74. The summed E-state index contributed by atoms with van der Waals surface area (Å²) in [6.07, 6.45) is 12.3. The van der Waals surface area contributed by atoms with Crippen molar-refractivity contribution in [3.63, 3.8) is 0 Å². The van der Waals surface area contributed by atoms with Gasteiger partial charge < -0.3 is 4.74 Å². The molecule has 2 heteroatoms. The van der Waals surface area contributed by atoms with Crippen LogP contribution in [0.15, 0.2) is 24.3 Å². The van der Waals surface area contributed by atoms with E-state index in [1.54, 1.807) is 0 Å². The number of halogens is 1. The highest BCUT2D eigenvalue weighted by Crippen LogP contribution is 2.11. The van der Waals surface area contributed by atoms with Crippen LogP contribution in [-0.4, -0.2) is 6.61 Å². The molecule has 0 bridgehead atoms. The molecule has 0 aliphatic heterocycles. The van der Waals surface area contributed by atoms with Crippen LogP contribution >= 0.6 is 15.9 Å².